The Bertz CT molecular complexity index is 751. The Balaban J connectivity index is 1.79. The Kier molecular flexibility index (Phi) is 4.12. The van der Waals surface area contributed by atoms with E-state index in [0.717, 1.165) is 21.8 Å². The van der Waals surface area contributed by atoms with Crippen LogP contribution in [-0.4, -0.2) is 28.6 Å². The molecule has 6 nitrogen and oxygen atoms in total. The first-order valence-electron chi connectivity index (χ1n) is 7.42. The molecule has 1 aromatic carbocycles. The summed E-state index contributed by atoms with van der Waals surface area (Å²) in [5.41, 5.74) is 3.21. The topological polar surface area (TPSA) is 75.2 Å². The van der Waals surface area contributed by atoms with E-state index >= 15 is 0 Å². The van der Waals surface area contributed by atoms with Gasteiger partial charge in [0, 0.05) is 31.5 Å². The van der Waals surface area contributed by atoms with Gasteiger partial charge >= 0.3 is 0 Å². The second kappa shape index (κ2) is 6.08. The molecule has 0 radical (unpaired) electrons. The average molecular weight is 330 g/mol. The Morgan fingerprint density at radius 2 is 1.96 bits per heavy atom. The monoisotopic (exact) mass is 330 g/mol. The number of nitrogens with one attached hydrogen (secondary N) is 1. The molecule has 1 N–H and O–H groups in total. The molecule has 120 valence electrons. The Morgan fingerprint density at radius 1 is 1.26 bits per heavy atom. The highest BCUT2D eigenvalue weighted by Crippen LogP contribution is 2.34. The van der Waals surface area contributed by atoms with Gasteiger partial charge in [-0.25, -0.2) is 0 Å². The highest BCUT2D eigenvalue weighted by molar-refractivity contribution is 7.15. The van der Waals surface area contributed by atoms with Crippen LogP contribution in [0.3, 0.4) is 0 Å². The third-order valence-corrected chi connectivity index (χ3v) is 4.72. The largest absolute Gasteiger partial charge is 0.312 e. The van der Waals surface area contributed by atoms with Crippen LogP contribution in [0.5, 0.6) is 0 Å². The van der Waals surface area contributed by atoms with Crippen LogP contribution >= 0.6 is 11.3 Å². The molecule has 0 aliphatic carbocycles. The van der Waals surface area contributed by atoms with Crippen molar-refractivity contribution in [1.29, 1.82) is 0 Å². The minimum atomic E-state index is -0.174. The number of rotatable bonds is 3. The third-order valence-electron chi connectivity index (χ3n) is 3.72. The minimum absolute atomic E-state index is 0.0170. The quantitative estimate of drug-likeness (QED) is 0.939. The molecular weight excluding hydrogens is 312 g/mol. The molecule has 1 saturated heterocycles. The fourth-order valence-corrected chi connectivity index (χ4v) is 3.71. The van der Waals surface area contributed by atoms with E-state index in [0.29, 0.717) is 18.1 Å². The number of nitrogens with zero attached hydrogens (tertiary/aromatic N) is 3. The van der Waals surface area contributed by atoms with Gasteiger partial charge in [0.2, 0.25) is 16.9 Å². The summed E-state index contributed by atoms with van der Waals surface area (Å²) in [5.74, 6) is -0.0633. The summed E-state index contributed by atoms with van der Waals surface area (Å²) >= 11 is 1.33. The number of amides is 2. The van der Waals surface area contributed by atoms with E-state index in [-0.39, 0.29) is 17.7 Å². The molecule has 1 aliphatic rings. The summed E-state index contributed by atoms with van der Waals surface area (Å²) in [6, 6.07) is 6.14. The van der Waals surface area contributed by atoms with Crippen LogP contribution in [0.15, 0.2) is 18.2 Å². The van der Waals surface area contributed by atoms with E-state index in [4.69, 9.17) is 0 Å². The Labute approximate surface area is 138 Å². The maximum atomic E-state index is 12.4. The average Bonchev–Trinajstić information content (AvgIpc) is 3.03. The molecule has 2 amide bonds. The van der Waals surface area contributed by atoms with Crippen LogP contribution in [0.2, 0.25) is 0 Å². The second-order valence-corrected chi connectivity index (χ2v) is 6.89. The number of hydrogen-bond acceptors (Lipinski definition) is 5. The highest BCUT2D eigenvalue weighted by atomic mass is 32.1. The van der Waals surface area contributed by atoms with Crippen LogP contribution < -0.4 is 10.2 Å². The normalized spacial score (nSPS) is 17.6. The van der Waals surface area contributed by atoms with Crippen LogP contribution in [0.1, 0.15) is 35.4 Å². The molecule has 7 heteroatoms. The Hall–Kier alpha value is -2.28. The van der Waals surface area contributed by atoms with Gasteiger partial charge < -0.3 is 10.2 Å². The Morgan fingerprint density at radius 3 is 2.61 bits per heavy atom. The lowest BCUT2D eigenvalue weighted by molar-refractivity contribution is -0.117. The van der Waals surface area contributed by atoms with E-state index in [1.807, 2.05) is 30.9 Å². The number of benzene rings is 1. The zero-order valence-electron chi connectivity index (χ0n) is 13.3. The van der Waals surface area contributed by atoms with Crippen molar-refractivity contribution in [2.24, 2.45) is 0 Å². The number of aromatic nitrogens is 2. The van der Waals surface area contributed by atoms with Crippen molar-refractivity contribution in [1.82, 2.24) is 10.2 Å². The van der Waals surface area contributed by atoms with Gasteiger partial charge in [0.15, 0.2) is 0 Å². The van der Waals surface area contributed by atoms with Gasteiger partial charge in [-0.15, -0.1) is 10.2 Å². The lowest BCUT2D eigenvalue weighted by Crippen LogP contribution is -2.24. The molecule has 3 rings (SSSR count). The van der Waals surface area contributed by atoms with Crippen LogP contribution in [-0.2, 0) is 9.59 Å². The summed E-state index contributed by atoms with van der Waals surface area (Å²) in [7, 11) is 0. The molecule has 2 heterocycles. The van der Waals surface area contributed by atoms with Crippen LogP contribution in [0.4, 0.5) is 10.8 Å². The lowest BCUT2D eigenvalue weighted by Gasteiger charge is -2.17. The molecule has 0 saturated carbocycles. The van der Waals surface area contributed by atoms with Crippen LogP contribution in [0, 0.1) is 13.8 Å². The standard InChI is InChI=1S/C16H18N4O2S/c1-9-4-10(2)6-13(5-9)20-8-12(7-14(20)22)15-18-19-16(23-15)17-11(3)21/h4-6,12H,7-8H2,1-3H3,(H,17,19,21)/t12-/m0/s1. The van der Waals surface area contributed by atoms with Crippen LogP contribution in [0.25, 0.3) is 0 Å². The van der Waals surface area contributed by atoms with Gasteiger partial charge in [0.1, 0.15) is 5.01 Å². The first-order valence-corrected chi connectivity index (χ1v) is 8.23. The van der Waals surface area contributed by atoms with Crippen molar-refractivity contribution >= 4 is 34.0 Å². The minimum Gasteiger partial charge on any atom is -0.312 e. The molecule has 23 heavy (non-hydrogen) atoms. The zero-order chi connectivity index (χ0) is 16.6. The smallest absolute Gasteiger partial charge is 0.227 e. The molecule has 2 aromatic rings. The molecule has 1 aliphatic heterocycles. The molecule has 1 atom stereocenters. The number of aryl methyl sites for hydroxylation is 2. The van der Waals surface area contributed by atoms with Crippen molar-refractivity contribution in [2.75, 3.05) is 16.8 Å². The molecule has 0 unspecified atom stereocenters. The molecule has 1 fully saturated rings. The molecule has 0 bridgehead atoms. The third kappa shape index (κ3) is 3.39. The molecule has 0 spiro atoms. The summed E-state index contributed by atoms with van der Waals surface area (Å²) in [6.45, 7) is 6.08. The van der Waals surface area contributed by atoms with E-state index < -0.39 is 0 Å². The maximum Gasteiger partial charge on any atom is 0.227 e. The fourth-order valence-electron chi connectivity index (χ4n) is 2.83. The first-order chi connectivity index (χ1) is 10.9. The van der Waals surface area contributed by atoms with Crippen molar-refractivity contribution in [2.45, 2.75) is 33.1 Å². The van der Waals surface area contributed by atoms with E-state index in [9.17, 15) is 9.59 Å². The van der Waals surface area contributed by atoms with E-state index in [1.54, 1.807) is 0 Å². The second-order valence-electron chi connectivity index (χ2n) is 5.88. The predicted molar refractivity (Wildman–Crippen MR) is 89.8 cm³/mol. The molecule has 1 aromatic heterocycles. The first kappa shape index (κ1) is 15.6. The predicted octanol–water partition coefficient (Wildman–Crippen LogP) is 2.63. The van der Waals surface area contributed by atoms with Crippen molar-refractivity contribution in [3.05, 3.63) is 34.3 Å². The van der Waals surface area contributed by atoms with Gasteiger partial charge in [-0.3, -0.25) is 9.59 Å². The lowest BCUT2D eigenvalue weighted by atomic mass is 10.1. The number of carbonyl (C=O) groups is 2. The number of carbonyl (C=O) groups excluding carboxylic acids is 2. The van der Waals surface area contributed by atoms with E-state index in [1.165, 1.54) is 18.3 Å². The summed E-state index contributed by atoms with van der Waals surface area (Å²) in [5, 5.41) is 12.0. The van der Waals surface area contributed by atoms with Crippen molar-refractivity contribution in [3.63, 3.8) is 0 Å². The summed E-state index contributed by atoms with van der Waals surface area (Å²) < 4.78 is 0. The van der Waals surface area contributed by atoms with Gasteiger partial charge in [0.05, 0.1) is 0 Å². The van der Waals surface area contributed by atoms with Gasteiger partial charge in [-0.1, -0.05) is 17.4 Å². The number of hydrogen-bond donors (Lipinski definition) is 1. The molecular formula is C16H18N4O2S. The highest BCUT2D eigenvalue weighted by Gasteiger charge is 2.34. The zero-order valence-corrected chi connectivity index (χ0v) is 14.1. The van der Waals surface area contributed by atoms with Crippen molar-refractivity contribution in [3.8, 4) is 0 Å². The van der Waals surface area contributed by atoms with Gasteiger partial charge in [-0.05, 0) is 37.1 Å². The van der Waals surface area contributed by atoms with Gasteiger partial charge in [0.25, 0.3) is 0 Å². The van der Waals surface area contributed by atoms with Crippen molar-refractivity contribution < 1.29 is 9.59 Å². The fraction of sp³-hybridized carbons (Fsp3) is 0.375. The summed E-state index contributed by atoms with van der Waals surface area (Å²) in [4.78, 5) is 25.2. The summed E-state index contributed by atoms with van der Waals surface area (Å²) in [6.07, 6.45) is 0.418. The maximum absolute atomic E-state index is 12.4. The van der Waals surface area contributed by atoms with E-state index in [2.05, 4.69) is 21.6 Å². The number of anilines is 2. The van der Waals surface area contributed by atoms with Gasteiger partial charge in [-0.2, -0.15) is 0 Å². The SMILES string of the molecule is CC(=O)Nc1nnc([C@H]2CC(=O)N(c3cc(C)cc(C)c3)C2)s1.